The first-order valence-electron chi connectivity index (χ1n) is 11.1. The van der Waals surface area contributed by atoms with Gasteiger partial charge in [0.05, 0.1) is 0 Å². The van der Waals surface area contributed by atoms with Crippen molar-refractivity contribution in [1.82, 2.24) is 10.2 Å². The molecule has 0 heterocycles. The number of hydrogen-bond donors (Lipinski definition) is 1. The van der Waals surface area contributed by atoms with Crippen molar-refractivity contribution in [3.05, 3.63) is 63.7 Å². The average molecular weight is 459 g/mol. The Morgan fingerprint density at radius 1 is 1.06 bits per heavy atom. The van der Waals surface area contributed by atoms with Crippen molar-refractivity contribution in [2.24, 2.45) is 5.92 Å². The molecule has 2 rings (SSSR count). The van der Waals surface area contributed by atoms with E-state index in [9.17, 15) is 9.59 Å². The van der Waals surface area contributed by atoms with E-state index >= 15 is 0 Å². The third-order valence-electron chi connectivity index (χ3n) is 5.32. The molecule has 0 bridgehead atoms. The smallest absolute Gasteiger partial charge is 0.261 e. The molecule has 1 unspecified atom stereocenters. The number of nitrogens with zero attached hydrogens (tertiary/aromatic N) is 1. The second kappa shape index (κ2) is 11.9. The molecule has 2 aromatic carbocycles. The molecule has 174 valence electrons. The highest BCUT2D eigenvalue weighted by Crippen LogP contribution is 2.26. The summed E-state index contributed by atoms with van der Waals surface area (Å²) < 4.78 is 5.81. The predicted octanol–water partition coefficient (Wildman–Crippen LogP) is 5.22. The molecule has 0 spiro atoms. The largest absolute Gasteiger partial charge is 0.484 e. The van der Waals surface area contributed by atoms with Gasteiger partial charge in [-0.2, -0.15) is 0 Å². The van der Waals surface area contributed by atoms with Gasteiger partial charge in [-0.1, -0.05) is 62.2 Å². The lowest BCUT2D eigenvalue weighted by Gasteiger charge is -2.31. The quantitative estimate of drug-likeness (QED) is 0.530. The average Bonchev–Trinajstić information content (AvgIpc) is 2.75. The normalized spacial score (nSPS) is 11.9. The van der Waals surface area contributed by atoms with E-state index in [1.165, 1.54) is 0 Å². The molecule has 1 N–H and O–H groups in total. The van der Waals surface area contributed by atoms with Gasteiger partial charge in [-0.05, 0) is 61.9 Å². The molecule has 2 amide bonds. The lowest BCUT2D eigenvalue weighted by atomic mass is 10.1. The minimum Gasteiger partial charge on any atom is -0.484 e. The SMILES string of the molecule is CCC(C(=O)NCC(C)C)N(Cc1ccc(C)cc1)C(=O)COc1cc(C)c(Cl)c(C)c1. The summed E-state index contributed by atoms with van der Waals surface area (Å²) >= 11 is 6.24. The molecule has 0 saturated carbocycles. The molecule has 2 aromatic rings. The highest BCUT2D eigenvalue weighted by molar-refractivity contribution is 6.32. The summed E-state index contributed by atoms with van der Waals surface area (Å²) in [6.07, 6.45) is 0.515. The molecule has 0 radical (unpaired) electrons. The van der Waals surface area contributed by atoms with E-state index in [4.69, 9.17) is 16.3 Å². The van der Waals surface area contributed by atoms with Gasteiger partial charge in [-0.25, -0.2) is 0 Å². The second-order valence-electron chi connectivity index (χ2n) is 8.73. The summed E-state index contributed by atoms with van der Waals surface area (Å²) in [5.41, 5.74) is 3.90. The van der Waals surface area contributed by atoms with Crippen LogP contribution in [0.25, 0.3) is 0 Å². The Kier molecular flexibility index (Phi) is 9.58. The Morgan fingerprint density at radius 3 is 2.19 bits per heavy atom. The van der Waals surface area contributed by atoms with Crippen molar-refractivity contribution < 1.29 is 14.3 Å². The molecule has 0 aliphatic rings. The summed E-state index contributed by atoms with van der Waals surface area (Å²) in [5.74, 6) is 0.546. The number of halogens is 1. The third kappa shape index (κ3) is 7.27. The van der Waals surface area contributed by atoms with Crippen molar-refractivity contribution in [2.45, 2.75) is 60.5 Å². The summed E-state index contributed by atoms with van der Waals surface area (Å²) in [6.45, 7) is 12.6. The van der Waals surface area contributed by atoms with Gasteiger partial charge in [0.2, 0.25) is 5.91 Å². The van der Waals surface area contributed by atoms with Crippen LogP contribution in [-0.2, 0) is 16.1 Å². The zero-order valence-electron chi connectivity index (χ0n) is 20.0. The van der Waals surface area contributed by atoms with E-state index in [-0.39, 0.29) is 18.4 Å². The topological polar surface area (TPSA) is 58.6 Å². The van der Waals surface area contributed by atoms with E-state index in [0.29, 0.717) is 36.2 Å². The molecular formula is C26H35ClN2O3. The van der Waals surface area contributed by atoms with E-state index in [1.807, 2.05) is 77.9 Å². The van der Waals surface area contributed by atoms with Gasteiger partial charge in [0, 0.05) is 18.1 Å². The number of carbonyl (C=O) groups is 2. The summed E-state index contributed by atoms with van der Waals surface area (Å²) in [5, 5.41) is 3.66. The van der Waals surface area contributed by atoms with Gasteiger partial charge in [-0.3, -0.25) is 9.59 Å². The Hall–Kier alpha value is -2.53. The van der Waals surface area contributed by atoms with Crippen LogP contribution in [0.3, 0.4) is 0 Å². The first-order chi connectivity index (χ1) is 15.1. The van der Waals surface area contributed by atoms with E-state index in [1.54, 1.807) is 4.90 Å². The molecule has 0 aromatic heterocycles. The lowest BCUT2D eigenvalue weighted by Crippen LogP contribution is -2.50. The number of ether oxygens (including phenoxy) is 1. The summed E-state index contributed by atoms with van der Waals surface area (Å²) in [4.78, 5) is 27.8. The number of amides is 2. The number of aryl methyl sites for hydroxylation is 3. The molecule has 0 aliphatic heterocycles. The minimum absolute atomic E-state index is 0.139. The number of carbonyl (C=O) groups excluding carboxylic acids is 2. The number of rotatable bonds is 10. The van der Waals surface area contributed by atoms with Crippen molar-refractivity contribution in [3.8, 4) is 5.75 Å². The first-order valence-corrected chi connectivity index (χ1v) is 11.5. The maximum atomic E-state index is 13.3. The van der Waals surface area contributed by atoms with Crippen LogP contribution in [0.1, 0.15) is 49.4 Å². The van der Waals surface area contributed by atoms with Crippen LogP contribution >= 0.6 is 11.6 Å². The summed E-state index contributed by atoms with van der Waals surface area (Å²) in [6, 6.07) is 11.1. The molecule has 6 heteroatoms. The van der Waals surface area contributed by atoms with Crippen LogP contribution in [-0.4, -0.2) is 35.9 Å². The van der Waals surface area contributed by atoms with Crippen molar-refractivity contribution in [3.63, 3.8) is 0 Å². The molecule has 5 nitrogen and oxygen atoms in total. The fourth-order valence-corrected chi connectivity index (χ4v) is 3.56. The van der Waals surface area contributed by atoms with Gasteiger partial charge in [-0.15, -0.1) is 0 Å². The number of hydrogen-bond acceptors (Lipinski definition) is 3. The zero-order chi connectivity index (χ0) is 23.8. The van der Waals surface area contributed by atoms with Gasteiger partial charge in [0.15, 0.2) is 6.61 Å². The van der Waals surface area contributed by atoms with Crippen molar-refractivity contribution in [1.29, 1.82) is 0 Å². The van der Waals surface area contributed by atoms with Crippen LogP contribution in [0.2, 0.25) is 5.02 Å². The third-order valence-corrected chi connectivity index (χ3v) is 5.91. The predicted molar refractivity (Wildman–Crippen MR) is 130 cm³/mol. The minimum atomic E-state index is -0.570. The van der Waals surface area contributed by atoms with Gasteiger partial charge >= 0.3 is 0 Å². The highest BCUT2D eigenvalue weighted by atomic mass is 35.5. The molecule has 0 fully saturated rings. The van der Waals surface area contributed by atoms with Gasteiger partial charge < -0.3 is 15.0 Å². The van der Waals surface area contributed by atoms with Gasteiger partial charge in [0.25, 0.3) is 5.91 Å². The highest BCUT2D eigenvalue weighted by Gasteiger charge is 2.29. The Balaban J connectivity index is 2.22. The Morgan fingerprint density at radius 2 is 1.66 bits per heavy atom. The molecule has 1 atom stereocenters. The molecule has 0 aliphatic carbocycles. The maximum absolute atomic E-state index is 13.3. The van der Waals surface area contributed by atoms with Crippen LogP contribution in [0.5, 0.6) is 5.75 Å². The molecule has 32 heavy (non-hydrogen) atoms. The fraction of sp³-hybridized carbons (Fsp3) is 0.462. The van der Waals surface area contributed by atoms with Crippen LogP contribution in [0, 0.1) is 26.7 Å². The summed E-state index contributed by atoms with van der Waals surface area (Å²) in [7, 11) is 0. The second-order valence-corrected chi connectivity index (χ2v) is 9.11. The maximum Gasteiger partial charge on any atom is 0.261 e. The number of benzene rings is 2. The molecule has 0 saturated heterocycles. The fourth-order valence-electron chi connectivity index (χ4n) is 3.45. The monoisotopic (exact) mass is 458 g/mol. The van der Waals surface area contributed by atoms with Crippen LogP contribution in [0.4, 0.5) is 0 Å². The Labute approximate surface area is 197 Å². The first kappa shape index (κ1) is 25.7. The van der Waals surface area contributed by atoms with Crippen molar-refractivity contribution in [2.75, 3.05) is 13.2 Å². The van der Waals surface area contributed by atoms with Crippen LogP contribution < -0.4 is 10.1 Å². The van der Waals surface area contributed by atoms with Crippen LogP contribution in [0.15, 0.2) is 36.4 Å². The standard InChI is InChI=1S/C26H35ClN2O3/c1-7-23(26(31)28-14-17(2)3)29(15-21-10-8-18(4)9-11-21)24(30)16-32-22-12-19(5)25(27)20(6)13-22/h8-13,17,23H,7,14-16H2,1-6H3,(H,28,31). The Bertz CT molecular complexity index is 902. The number of nitrogens with one attached hydrogen (secondary N) is 1. The van der Waals surface area contributed by atoms with E-state index in [2.05, 4.69) is 5.32 Å². The zero-order valence-corrected chi connectivity index (χ0v) is 20.8. The van der Waals surface area contributed by atoms with Crippen molar-refractivity contribution >= 4 is 23.4 Å². The van der Waals surface area contributed by atoms with E-state index in [0.717, 1.165) is 22.3 Å². The van der Waals surface area contributed by atoms with E-state index < -0.39 is 6.04 Å². The van der Waals surface area contributed by atoms with Gasteiger partial charge in [0.1, 0.15) is 11.8 Å². The molecular weight excluding hydrogens is 424 g/mol. The lowest BCUT2D eigenvalue weighted by molar-refractivity contribution is -0.143.